The summed E-state index contributed by atoms with van der Waals surface area (Å²) in [6, 6.07) is 1.53. The summed E-state index contributed by atoms with van der Waals surface area (Å²) in [5, 5.41) is 3.04. The number of carbonyl (C=O) groups is 3. The summed E-state index contributed by atoms with van der Waals surface area (Å²) in [6.07, 6.45) is 7.42. The molecule has 2 aliphatic heterocycles. The van der Waals surface area contributed by atoms with E-state index in [4.69, 9.17) is 25.8 Å². The normalized spacial score (nSPS) is 30.7. The Hall–Kier alpha value is -2.80. The van der Waals surface area contributed by atoms with Gasteiger partial charge in [-0.3, -0.25) is 14.4 Å². The molecule has 1 amide bonds. The first-order chi connectivity index (χ1) is 15.8. The molecular formula is C25H26ClNO6. The highest BCUT2D eigenvalue weighted by atomic mass is 35.5. The van der Waals surface area contributed by atoms with E-state index in [9.17, 15) is 14.4 Å². The average molecular weight is 472 g/mol. The molecule has 0 unspecified atom stereocenters. The number of ketones is 2. The van der Waals surface area contributed by atoms with Crippen molar-refractivity contribution in [3.05, 3.63) is 40.1 Å². The van der Waals surface area contributed by atoms with E-state index in [2.05, 4.69) is 17.5 Å². The van der Waals surface area contributed by atoms with Crippen LogP contribution in [0.5, 0.6) is 17.2 Å². The highest BCUT2D eigenvalue weighted by molar-refractivity contribution is 6.36. The summed E-state index contributed by atoms with van der Waals surface area (Å²) >= 11 is 6.51. The highest BCUT2D eigenvalue weighted by Gasteiger charge is 2.63. The third-order valence-electron chi connectivity index (χ3n) is 7.48. The van der Waals surface area contributed by atoms with Crippen LogP contribution in [-0.2, 0) is 9.59 Å². The lowest BCUT2D eigenvalue weighted by Crippen LogP contribution is -2.59. The van der Waals surface area contributed by atoms with Crippen molar-refractivity contribution >= 4 is 29.1 Å². The number of nitrogens with one attached hydrogen (secondary N) is 1. The van der Waals surface area contributed by atoms with Crippen LogP contribution in [-0.4, -0.2) is 37.3 Å². The number of methoxy groups -OCH3 is 2. The highest BCUT2D eigenvalue weighted by Crippen LogP contribution is 2.55. The van der Waals surface area contributed by atoms with E-state index in [0.29, 0.717) is 23.4 Å². The molecule has 1 aromatic rings. The van der Waals surface area contributed by atoms with E-state index >= 15 is 0 Å². The SMILES string of the molecule is COc1cc(OC)c2c(c1Cl)O[C@@]1(C(=O)C3=C(C[C@H]1C)NC(=O)C[C@@H]3[C@@H]1CC=CCC1)C2=O. The maximum atomic E-state index is 14.2. The molecule has 2 heterocycles. The molecule has 0 fully saturated rings. The van der Waals surface area contributed by atoms with Crippen molar-refractivity contribution in [1.82, 2.24) is 5.32 Å². The second-order valence-electron chi connectivity index (χ2n) is 9.20. The first-order valence-corrected chi connectivity index (χ1v) is 11.6. The van der Waals surface area contributed by atoms with Crippen molar-refractivity contribution < 1.29 is 28.6 Å². The Balaban J connectivity index is 1.63. The molecule has 0 saturated heterocycles. The van der Waals surface area contributed by atoms with Gasteiger partial charge in [0, 0.05) is 35.6 Å². The molecule has 4 atom stereocenters. The maximum Gasteiger partial charge on any atom is 0.236 e. The number of hydrogen-bond donors (Lipinski definition) is 1. The van der Waals surface area contributed by atoms with Gasteiger partial charge in [0.25, 0.3) is 0 Å². The fraction of sp³-hybridized carbons (Fsp3) is 0.480. The summed E-state index contributed by atoms with van der Waals surface area (Å²) < 4.78 is 17.0. The van der Waals surface area contributed by atoms with Crippen LogP contribution in [0.1, 0.15) is 49.4 Å². The third-order valence-corrected chi connectivity index (χ3v) is 7.83. The predicted molar refractivity (Wildman–Crippen MR) is 121 cm³/mol. The fourth-order valence-electron chi connectivity index (χ4n) is 5.81. The molecule has 8 heteroatoms. The van der Waals surface area contributed by atoms with E-state index in [1.165, 1.54) is 20.3 Å². The van der Waals surface area contributed by atoms with Crippen molar-refractivity contribution in [1.29, 1.82) is 0 Å². The molecule has 1 spiro atoms. The number of ether oxygens (including phenoxy) is 3. The van der Waals surface area contributed by atoms with Gasteiger partial charge in [-0.1, -0.05) is 30.7 Å². The van der Waals surface area contributed by atoms with Gasteiger partial charge < -0.3 is 19.5 Å². The molecule has 2 aliphatic carbocycles. The summed E-state index contributed by atoms with van der Waals surface area (Å²) in [6.45, 7) is 1.79. The summed E-state index contributed by atoms with van der Waals surface area (Å²) in [5.41, 5.74) is -0.437. The van der Waals surface area contributed by atoms with E-state index < -0.39 is 17.3 Å². The van der Waals surface area contributed by atoms with Gasteiger partial charge in [0.1, 0.15) is 22.1 Å². The molecule has 1 aromatic carbocycles. The van der Waals surface area contributed by atoms with Gasteiger partial charge in [-0.2, -0.15) is 0 Å². The largest absolute Gasteiger partial charge is 0.496 e. The van der Waals surface area contributed by atoms with E-state index in [1.54, 1.807) is 6.92 Å². The van der Waals surface area contributed by atoms with Crippen molar-refractivity contribution in [3.63, 3.8) is 0 Å². The third kappa shape index (κ3) is 3.05. The molecule has 0 saturated carbocycles. The molecule has 4 aliphatic rings. The number of benzene rings is 1. The van der Waals surface area contributed by atoms with Gasteiger partial charge in [0.15, 0.2) is 5.75 Å². The van der Waals surface area contributed by atoms with Gasteiger partial charge in [-0.05, 0) is 31.6 Å². The zero-order valence-corrected chi connectivity index (χ0v) is 19.6. The summed E-state index contributed by atoms with van der Waals surface area (Å²) in [7, 11) is 2.90. The number of hydrogen-bond acceptors (Lipinski definition) is 6. The average Bonchev–Trinajstić information content (AvgIpc) is 3.13. The Labute approximate surface area is 197 Å². The monoisotopic (exact) mass is 471 g/mol. The molecule has 7 nitrogen and oxygen atoms in total. The fourth-order valence-corrected chi connectivity index (χ4v) is 6.08. The topological polar surface area (TPSA) is 90.9 Å². The zero-order chi connectivity index (χ0) is 23.5. The smallest absolute Gasteiger partial charge is 0.236 e. The molecule has 174 valence electrons. The lowest BCUT2D eigenvalue weighted by molar-refractivity contribution is -0.132. The van der Waals surface area contributed by atoms with Crippen LogP contribution < -0.4 is 19.5 Å². The molecule has 0 bridgehead atoms. The lowest BCUT2D eigenvalue weighted by Gasteiger charge is -2.43. The first kappa shape index (κ1) is 22.0. The number of Topliss-reactive ketones (excluding diaryl/α,β-unsaturated/α-hetero) is 2. The number of allylic oxidation sites excluding steroid dienone is 3. The number of rotatable bonds is 3. The molecule has 0 aromatic heterocycles. The van der Waals surface area contributed by atoms with Crippen molar-refractivity contribution in [2.45, 2.75) is 44.6 Å². The molecule has 5 rings (SSSR count). The minimum Gasteiger partial charge on any atom is -0.496 e. The van der Waals surface area contributed by atoms with Crippen LogP contribution in [0.25, 0.3) is 0 Å². The molecule has 33 heavy (non-hydrogen) atoms. The molecule has 1 N–H and O–H groups in total. The molecular weight excluding hydrogens is 446 g/mol. The maximum absolute atomic E-state index is 14.2. The molecule has 0 radical (unpaired) electrons. The number of halogens is 1. The van der Waals surface area contributed by atoms with E-state index in [-0.39, 0.29) is 52.0 Å². The van der Waals surface area contributed by atoms with Gasteiger partial charge in [0.2, 0.25) is 23.1 Å². The number of carbonyl (C=O) groups excluding carboxylic acids is 3. The van der Waals surface area contributed by atoms with Crippen LogP contribution in [0, 0.1) is 17.8 Å². The number of amides is 1. The quantitative estimate of drug-likeness (QED) is 0.528. The Bertz CT molecular complexity index is 1140. The Morgan fingerprint density at radius 2 is 1.85 bits per heavy atom. The van der Waals surface area contributed by atoms with Crippen molar-refractivity contribution in [2.75, 3.05) is 14.2 Å². The summed E-state index contributed by atoms with van der Waals surface area (Å²) in [5.74, 6) is -0.861. The Kier molecular flexibility index (Phi) is 5.27. The van der Waals surface area contributed by atoms with Crippen molar-refractivity contribution in [3.8, 4) is 17.2 Å². The van der Waals surface area contributed by atoms with Gasteiger partial charge in [0.05, 0.1) is 14.2 Å². The van der Waals surface area contributed by atoms with E-state index in [1.807, 2.05) is 0 Å². The van der Waals surface area contributed by atoms with Gasteiger partial charge in [-0.25, -0.2) is 0 Å². The minimum absolute atomic E-state index is 0.0827. The zero-order valence-electron chi connectivity index (χ0n) is 18.8. The van der Waals surface area contributed by atoms with Gasteiger partial charge >= 0.3 is 0 Å². The van der Waals surface area contributed by atoms with Crippen LogP contribution in [0.15, 0.2) is 29.5 Å². The summed E-state index contributed by atoms with van der Waals surface area (Å²) in [4.78, 5) is 40.6. The second kappa shape index (κ2) is 7.90. The van der Waals surface area contributed by atoms with Gasteiger partial charge in [-0.15, -0.1) is 0 Å². The predicted octanol–water partition coefficient (Wildman–Crippen LogP) is 4.03. The van der Waals surface area contributed by atoms with Crippen LogP contribution >= 0.6 is 11.6 Å². The Morgan fingerprint density at radius 3 is 2.52 bits per heavy atom. The minimum atomic E-state index is -1.74. The Morgan fingerprint density at radius 1 is 1.09 bits per heavy atom. The standard InChI is InChI=1S/C25H26ClNO6/c1-12-9-15-19(14(10-18(28)27-15)13-7-5-4-6-8-13)23(29)25(12)24(30)20-16(31-2)11-17(32-3)21(26)22(20)33-25/h4-5,11-14H,6-10H2,1-3H3,(H,27,28)/t12-,13-,14-,25+/m1/s1. The van der Waals surface area contributed by atoms with Crippen LogP contribution in [0.2, 0.25) is 5.02 Å². The van der Waals surface area contributed by atoms with Crippen LogP contribution in [0.3, 0.4) is 0 Å². The van der Waals surface area contributed by atoms with E-state index in [0.717, 1.165) is 19.3 Å². The second-order valence-corrected chi connectivity index (χ2v) is 9.57. The van der Waals surface area contributed by atoms with Crippen LogP contribution in [0.4, 0.5) is 0 Å². The van der Waals surface area contributed by atoms with Crippen molar-refractivity contribution in [2.24, 2.45) is 17.8 Å². The number of fused-ring (bicyclic) bond motifs is 1. The lowest BCUT2D eigenvalue weighted by atomic mass is 9.64. The first-order valence-electron chi connectivity index (χ1n) is 11.2.